The van der Waals surface area contributed by atoms with Crippen molar-refractivity contribution < 1.29 is 9.53 Å². The molecule has 3 aromatic carbocycles. The van der Waals surface area contributed by atoms with E-state index in [0.717, 1.165) is 29.2 Å². The summed E-state index contributed by atoms with van der Waals surface area (Å²) < 4.78 is 6.08. The lowest BCUT2D eigenvalue weighted by molar-refractivity contribution is 0.0944. The van der Waals surface area contributed by atoms with Gasteiger partial charge in [0.15, 0.2) is 0 Å². The predicted molar refractivity (Wildman–Crippen MR) is 138 cm³/mol. The first-order chi connectivity index (χ1) is 16.8. The minimum atomic E-state index is 0.00413. The summed E-state index contributed by atoms with van der Waals surface area (Å²) in [6.45, 7) is 1.33. The Hall–Kier alpha value is -3.27. The van der Waals surface area contributed by atoms with Crippen LogP contribution in [-0.2, 0) is 6.61 Å². The van der Waals surface area contributed by atoms with E-state index in [1.54, 1.807) is 0 Å². The van der Waals surface area contributed by atoms with Gasteiger partial charge in [0.05, 0.1) is 11.3 Å². The Balaban J connectivity index is 1.28. The molecule has 176 valence electrons. The van der Waals surface area contributed by atoms with Crippen LogP contribution in [0.2, 0.25) is 0 Å². The lowest BCUT2D eigenvalue weighted by Crippen LogP contribution is -2.30. The summed E-state index contributed by atoms with van der Waals surface area (Å²) in [6.07, 6.45) is 8.74. The van der Waals surface area contributed by atoms with E-state index in [-0.39, 0.29) is 5.91 Å². The first-order valence-corrected chi connectivity index (χ1v) is 12.7. The highest BCUT2D eigenvalue weighted by molar-refractivity contribution is 6.00. The van der Waals surface area contributed by atoms with Crippen LogP contribution in [0.15, 0.2) is 72.8 Å². The van der Waals surface area contributed by atoms with Gasteiger partial charge < -0.3 is 15.4 Å². The van der Waals surface area contributed by atoms with E-state index in [1.807, 2.05) is 48.5 Å². The van der Waals surface area contributed by atoms with E-state index in [2.05, 4.69) is 34.9 Å². The highest BCUT2D eigenvalue weighted by Crippen LogP contribution is 2.45. The number of hydrogen-bond donors (Lipinski definition) is 2. The zero-order valence-electron chi connectivity index (χ0n) is 19.8. The maximum Gasteiger partial charge on any atom is 0.253 e. The molecular weight excluding hydrogens is 420 g/mol. The average molecular weight is 455 g/mol. The number of ether oxygens (including phenoxy) is 1. The largest absolute Gasteiger partial charge is 0.489 e. The van der Waals surface area contributed by atoms with Crippen LogP contribution in [0.5, 0.6) is 5.75 Å². The van der Waals surface area contributed by atoms with Gasteiger partial charge in [0.25, 0.3) is 5.91 Å². The van der Waals surface area contributed by atoms with Crippen LogP contribution < -0.4 is 15.4 Å². The summed E-state index contributed by atoms with van der Waals surface area (Å²) in [5, 5.41) is 6.75. The minimum absolute atomic E-state index is 0.00413. The fraction of sp³-hybridized carbons (Fsp3) is 0.367. The monoisotopic (exact) mass is 454 g/mol. The van der Waals surface area contributed by atoms with E-state index in [0.29, 0.717) is 24.0 Å². The van der Waals surface area contributed by atoms with E-state index in [4.69, 9.17) is 4.74 Å². The van der Waals surface area contributed by atoms with Crippen LogP contribution in [0.3, 0.4) is 0 Å². The van der Waals surface area contributed by atoms with E-state index >= 15 is 0 Å². The van der Waals surface area contributed by atoms with Crippen LogP contribution in [0.4, 0.5) is 11.4 Å². The van der Waals surface area contributed by atoms with Crippen LogP contribution in [0.25, 0.3) is 0 Å². The topological polar surface area (TPSA) is 50.4 Å². The third-order valence-electron chi connectivity index (χ3n) is 7.01. The molecule has 2 saturated carbocycles. The molecule has 0 aromatic heterocycles. The van der Waals surface area contributed by atoms with Crippen LogP contribution in [-0.4, -0.2) is 12.5 Å². The van der Waals surface area contributed by atoms with Crippen molar-refractivity contribution in [3.8, 4) is 5.75 Å². The molecule has 2 aliphatic carbocycles. The molecule has 2 N–H and O–H groups in total. The number of para-hydroxylation sites is 1. The highest BCUT2D eigenvalue weighted by atomic mass is 16.5. The van der Waals surface area contributed by atoms with Crippen molar-refractivity contribution in [2.75, 3.05) is 11.9 Å². The third-order valence-corrected chi connectivity index (χ3v) is 7.01. The van der Waals surface area contributed by atoms with Crippen LogP contribution >= 0.6 is 0 Å². The van der Waals surface area contributed by atoms with Crippen LogP contribution in [0, 0.1) is 5.92 Å². The summed E-state index contributed by atoms with van der Waals surface area (Å²) in [5.74, 6) is 2.05. The summed E-state index contributed by atoms with van der Waals surface area (Å²) in [6, 6.07) is 24.3. The molecule has 0 bridgehead atoms. The Morgan fingerprint density at radius 3 is 2.38 bits per heavy atom. The zero-order chi connectivity index (χ0) is 23.2. The summed E-state index contributed by atoms with van der Waals surface area (Å²) >= 11 is 0. The van der Waals surface area contributed by atoms with Gasteiger partial charge in [0.2, 0.25) is 0 Å². The number of rotatable bonds is 9. The summed E-state index contributed by atoms with van der Waals surface area (Å²) in [4.78, 5) is 13.0. The van der Waals surface area contributed by atoms with Gasteiger partial charge in [-0.25, -0.2) is 0 Å². The van der Waals surface area contributed by atoms with Crippen molar-refractivity contribution in [3.63, 3.8) is 0 Å². The van der Waals surface area contributed by atoms with Gasteiger partial charge in [-0.1, -0.05) is 61.7 Å². The molecule has 4 nitrogen and oxygen atoms in total. The van der Waals surface area contributed by atoms with Gasteiger partial charge in [-0.2, -0.15) is 0 Å². The van der Waals surface area contributed by atoms with Gasteiger partial charge in [-0.05, 0) is 79.0 Å². The molecule has 2 fully saturated rings. The van der Waals surface area contributed by atoms with Gasteiger partial charge in [0, 0.05) is 12.2 Å². The quantitative estimate of drug-likeness (QED) is 0.359. The predicted octanol–water partition coefficient (Wildman–Crippen LogP) is 7.20. The van der Waals surface area contributed by atoms with E-state index in [1.165, 1.54) is 50.5 Å². The Kier molecular flexibility index (Phi) is 7.13. The summed E-state index contributed by atoms with van der Waals surface area (Å²) in [7, 11) is 0. The second kappa shape index (κ2) is 10.8. The fourth-order valence-electron chi connectivity index (χ4n) is 4.88. The highest BCUT2D eigenvalue weighted by Gasteiger charge is 2.27. The molecule has 34 heavy (non-hydrogen) atoms. The van der Waals surface area contributed by atoms with Gasteiger partial charge in [-0.3, -0.25) is 4.79 Å². The average Bonchev–Trinajstić information content (AvgIpc) is 3.74. The number of benzene rings is 3. The number of carbonyl (C=O) groups excluding carboxylic acids is 1. The van der Waals surface area contributed by atoms with Crippen LogP contribution in [0.1, 0.15) is 72.3 Å². The Bertz CT molecular complexity index is 1100. The number of hydrogen-bond acceptors (Lipinski definition) is 3. The lowest BCUT2D eigenvalue weighted by Gasteiger charge is -2.22. The number of carbonyl (C=O) groups is 1. The minimum Gasteiger partial charge on any atom is -0.489 e. The molecular formula is C30H34N2O2. The summed E-state index contributed by atoms with van der Waals surface area (Å²) in [5.41, 5.74) is 5.03. The molecule has 0 aliphatic heterocycles. The Labute approximate surface area is 202 Å². The first kappa shape index (κ1) is 22.5. The number of nitrogens with one attached hydrogen (secondary N) is 2. The second-order valence-electron chi connectivity index (χ2n) is 9.68. The standard InChI is InChI=1S/C30H34N2O2/c33-30(31-20-22-9-3-1-4-10-22)26-13-7-8-14-28(26)32-29-18-17-25(19-27(29)24-15-16-24)34-21-23-11-5-2-6-12-23/h2,5-8,11-14,17-19,22,24,32H,1,3-4,9-10,15-16,20-21H2,(H,31,33). The molecule has 0 atom stereocenters. The molecule has 0 heterocycles. The molecule has 2 aliphatic rings. The smallest absolute Gasteiger partial charge is 0.253 e. The van der Waals surface area contributed by atoms with Gasteiger partial charge in [-0.15, -0.1) is 0 Å². The van der Waals surface area contributed by atoms with Gasteiger partial charge >= 0.3 is 0 Å². The van der Waals surface area contributed by atoms with Crippen molar-refractivity contribution in [3.05, 3.63) is 89.5 Å². The third kappa shape index (κ3) is 5.80. The maximum absolute atomic E-state index is 13.0. The zero-order valence-corrected chi connectivity index (χ0v) is 19.8. The molecule has 1 amide bonds. The Morgan fingerprint density at radius 2 is 1.59 bits per heavy atom. The molecule has 0 radical (unpaired) electrons. The SMILES string of the molecule is O=C(NCC1CCCCC1)c1ccccc1Nc1ccc(OCc2ccccc2)cc1C1CC1. The van der Waals surface area contributed by atoms with E-state index in [9.17, 15) is 4.79 Å². The Morgan fingerprint density at radius 1 is 0.824 bits per heavy atom. The molecule has 0 spiro atoms. The van der Waals surface area contributed by atoms with Crippen molar-refractivity contribution in [1.82, 2.24) is 5.32 Å². The van der Waals surface area contributed by atoms with Crippen molar-refractivity contribution in [2.24, 2.45) is 5.92 Å². The fourth-order valence-corrected chi connectivity index (χ4v) is 4.88. The van der Waals surface area contributed by atoms with E-state index < -0.39 is 0 Å². The van der Waals surface area contributed by atoms with Crippen molar-refractivity contribution in [1.29, 1.82) is 0 Å². The second-order valence-corrected chi connectivity index (χ2v) is 9.68. The molecule has 0 unspecified atom stereocenters. The molecule has 3 aromatic rings. The van der Waals surface area contributed by atoms with Crippen molar-refractivity contribution in [2.45, 2.75) is 57.5 Å². The molecule has 5 rings (SSSR count). The number of amides is 1. The van der Waals surface area contributed by atoms with Gasteiger partial charge in [0.1, 0.15) is 12.4 Å². The molecule has 4 heteroatoms. The van der Waals surface area contributed by atoms with Crippen molar-refractivity contribution >= 4 is 17.3 Å². The lowest BCUT2D eigenvalue weighted by atomic mass is 9.89. The maximum atomic E-state index is 13.0. The number of anilines is 2. The normalized spacial score (nSPS) is 16.1. The first-order valence-electron chi connectivity index (χ1n) is 12.7. The molecule has 0 saturated heterocycles.